The van der Waals surface area contributed by atoms with E-state index in [2.05, 4.69) is 10.3 Å². The zero-order valence-corrected chi connectivity index (χ0v) is 9.89. The molecule has 1 aromatic heterocycles. The van der Waals surface area contributed by atoms with Gasteiger partial charge >= 0.3 is 12.2 Å². The smallest absolute Gasteiger partial charge is 0.340 e. The molecule has 0 aromatic carbocycles. The van der Waals surface area contributed by atoms with E-state index in [1.165, 1.54) is 24.6 Å². The van der Waals surface area contributed by atoms with Gasteiger partial charge in [0.15, 0.2) is 0 Å². The molecule has 0 aliphatic carbocycles. The number of aromatic nitrogens is 1. The number of rotatable bonds is 2. The van der Waals surface area contributed by atoms with Crippen LogP contribution in [0.3, 0.4) is 0 Å². The first kappa shape index (κ1) is 13.6. The van der Waals surface area contributed by atoms with Crippen molar-refractivity contribution in [3.8, 4) is 0 Å². The first-order chi connectivity index (χ1) is 7.84. The van der Waals surface area contributed by atoms with Crippen LogP contribution in [0, 0.1) is 0 Å². The van der Waals surface area contributed by atoms with Crippen molar-refractivity contribution in [2.75, 3.05) is 14.1 Å². The zero-order valence-electron chi connectivity index (χ0n) is 9.08. The van der Waals surface area contributed by atoms with Crippen molar-refractivity contribution in [1.82, 2.24) is 14.6 Å². The van der Waals surface area contributed by atoms with Gasteiger partial charge in [-0.3, -0.25) is 9.29 Å². The van der Waals surface area contributed by atoms with Crippen molar-refractivity contribution in [2.45, 2.75) is 11.1 Å². The summed E-state index contributed by atoms with van der Waals surface area (Å²) in [4.78, 5) is 14.9. The number of alkyl halides is 3. The largest absolute Gasteiger partial charge is 0.417 e. The van der Waals surface area contributed by atoms with E-state index in [1.807, 2.05) is 0 Å². The number of hydrogen-bond donors (Lipinski definition) is 1. The van der Waals surface area contributed by atoms with Gasteiger partial charge in [0.25, 0.3) is 0 Å². The molecule has 0 saturated heterocycles. The summed E-state index contributed by atoms with van der Waals surface area (Å²) in [5.41, 5.74) is -0.840. The lowest BCUT2D eigenvalue weighted by Gasteiger charge is -2.15. The summed E-state index contributed by atoms with van der Waals surface area (Å²) in [6.07, 6.45) is -2.43. The normalized spacial score (nSPS) is 11.1. The fourth-order valence-corrected chi connectivity index (χ4v) is 1.76. The molecule has 0 aliphatic heterocycles. The van der Waals surface area contributed by atoms with Crippen LogP contribution in [0.5, 0.6) is 0 Å². The van der Waals surface area contributed by atoms with E-state index in [0.29, 0.717) is 0 Å². The van der Waals surface area contributed by atoms with Crippen LogP contribution in [-0.4, -0.2) is 29.4 Å². The highest BCUT2D eigenvalue weighted by atomic mass is 32.2. The van der Waals surface area contributed by atoms with Crippen molar-refractivity contribution in [3.63, 3.8) is 0 Å². The Morgan fingerprint density at radius 3 is 2.65 bits per heavy atom. The quantitative estimate of drug-likeness (QED) is 0.835. The summed E-state index contributed by atoms with van der Waals surface area (Å²) >= 11 is 0.865. The lowest BCUT2D eigenvalue weighted by Crippen LogP contribution is -2.29. The SMILES string of the molecule is CNC(=O)N(C)Sc1cncc(C(F)(F)F)c1. The van der Waals surface area contributed by atoms with Gasteiger partial charge in [-0.15, -0.1) is 0 Å². The van der Waals surface area contributed by atoms with Gasteiger partial charge in [-0.2, -0.15) is 13.2 Å². The fraction of sp³-hybridized carbons (Fsp3) is 0.333. The lowest BCUT2D eigenvalue weighted by atomic mass is 10.3. The van der Waals surface area contributed by atoms with E-state index in [9.17, 15) is 18.0 Å². The van der Waals surface area contributed by atoms with Crippen molar-refractivity contribution in [2.24, 2.45) is 0 Å². The molecule has 0 atom stereocenters. The summed E-state index contributed by atoms with van der Waals surface area (Å²) in [5, 5.41) is 2.35. The Hall–Kier alpha value is -1.44. The van der Waals surface area contributed by atoms with Crippen LogP contribution in [0.4, 0.5) is 18.0 Å². The van der Waals surface area contributed by atoms with Crippen molar-refractivity contribution in [3.05, 3.63) is 24.0 Å². The maximum Gasteiger partial charge on any atom is 0.417 e. The van der Waals surface area contributed by atoms with Crippen LogP contribution in [-0.2, 0) is 6.18 Å². The van der Waals surface area contributed by atoms with Gasteiger partial charge in [0.2, 0.25) is 0 Å². The van der Waals surface area contributed by atoms with Crippen LogP contribution in [0.1, 0.15) is 5.56 Å². The fourth-order valence-electron chi connectivity index (χ4n) is 0.981. The molecule has 1 N–H and O–H groups in total. The maximum absolute atomic E-state index is 12.4. The van der Waals surface area contributed by atoms with Crippen molar-refractivity contribution in [1.29, 1.82) is 0 Å². The van der Waals surface area contributed by atoms with Gasteiger partial charge in [-0.25, -0.2) is 4.79 Å². The first-order valence-corrected chi connectivity index (χ1v) is 5.27. The average Bonchev–Trinajstić information content (AvgIpc) is 2.27. The minimum absolute atomic E-state index is 0.242. The molecule has 1 rings (SSSR count). The number of urea groups is 1. The van der Waals surface area contributed by atoms with Gasteiger partial charge in [0.1, 0.15) is 0 Å². The molecule has 94 valence electrons. The maximum atomic E-state index is 12.4. The number of nitrogens with zero attached hydrogens (tertiary/aromatic N) is 2. The van der Waals surface area contributed by atoms with Crippen LogP contribution in [0.15, 0.2) is 23.4 Å². The van der Waals surface area contributed by atoms with Crippen molar-refractivity contribution < 1.29 is 18.0 Å². The molecule has 2 amide bonds. The highest BCUT2D eigenvalue weighted by Crippen LogP contribution is 2.31. The molecule has 17 heavy (non-hydrogen) atoms. The summed E-state index contributed by atoms with van der Waals surface area (Å²) in [6.45, 7) is 0. The minimum Gasteiger partial charge on any atom is -0.340 e. The molecule has 0 unspecified atom stereocenters. The van der Waals surface area contributed by atoms with Crippen LogP contribution in [0.2, 0.25) is 0 Å². The number of pyridine rings is 1. The highest BCUT2D eigenvalue weighted by Gasteiger charge is 2.31. The molecule has 0 fully saturated rings. The third-order valence-corrected chi connectivity index (χ3v) is 2.66. The molecule has 0 aliphatic rings. The molecule has 0 bridgehead atoms. The van der Waals surface area contributed by atoms with E-state index in [4.69, 9.17) is 0 Å². The Balaban J connectivity index is 2.83. The number of nitrogens with one attached hydrogen (secondary N) is 1. The number of hydrogen-bond acceptors (Lipinski definition) is 3. The Labute approximate surface area is 100 Å². The van der Waals surface area contributed by atoms with Gasteiger partial charge in [-0.05, 0) is 18.0 Å². The van der Waals surface area contributed by atoms with Gasteiger partial charge < -0.3 is 5.32 Å². The molecule has 8 heteroatoms. The van der Waals surface area contributed by atoms with E-state index in [0.717, 1.165) is 24.2 Å². The van der Waals surface area contributed by atoms with E-state index in [-0.39, 0.29) is 4.90 Å². The Kier molecular flexibility index (Phi) is 4.22. The minimum atomic E-state index is -4.44. The molecule has 0 spiro atoms. The number of halogens is 3. The second kappa shape index (κ2) is 5.26. The third kappa shape index (κ3) is 3.81. The second-order valence-corrected chi connectivity index (χ2v) is 4.25. The Bertz CT molecular complexity index is 411. The topological polar surface area (TPSA) is 45.2 Å². The number of carbonyl (C=O) groups is 1. The number of carbonyl (C=O) groups excluding carboxylic acids is 1. The molecule has 1 aromatic rings. The standard InChI is InChI=1S/C9H10F3N3OS/c1-13-8(16)15(2)17-7-3-6(4-14-5-7)9(10,11)12/h3-5H,1-2H3,(H,13,16). The summed E-state index contributed by atoms with van der Waals surface area (Å²) < 4.78 is 38.3. The van der Waals surface area contributed by atoms with Gasteiger partial charge in [0.05, 0.1) is 5.56 Å². The summed E-state index contributed by atoms with van der Waals surface area (Å²) in [5.74, 6) is 0. The third-order valence-electron chi connectivity index (χ3n) is 1.78. The molecule has 1 heterocycles. The summed E-state index contributed by atoms with van der Waals surface area (Å²) in [6, 6.07) is 0.532. The molecule has 0 radical (unpaired) electrons. The average molecular weight is 265 g/mol. The predicted octanol–water partition coefficient (Wildman–Crippen LogP) is 2.38. The van der Waals surface area contributed by atoms with E-state index in [1.54, 1.807) is 0 Å². The molecular weight excluding hydrogens is 255 g/mol. The lowest BCUT2D eigenvalue weighted by molar-refractivity contribution is -0.138. The van der Waals surface area contributed by atoms with E-state index >= 15 is 0 Å². The Morgan fingerprint density at radius 2 is 2.12 bits per heavy atom. The van der Waals surface area contributed by atoms with Gasteiger partial charge in [-0.1, -0.05) is 0 Å². The monoisotopic (exact) mass is 265 g/mol. The molecular formula is C9H10F3N3OS. The molecule has 4 nitrogen and oxygen atoms in total. The van der Waals surface area contributed by atoms with Crippen LogP contribution >= 0.6 is 11.9 Å². The van der Waals surface area contributed by atoms with Crippen LogP contribution < -0.4 is 5.32 Å². The van der Waals surface area contributed by atoms with Gasteiger partial charge in [0, 0.05) is 31.4 Å². The van der Waals surface area contributed by atoms with Crippen LogP contribution in [0.25, 0.3) is 0 Å². The highest BCUT2D eigenvalue weighted by molar-refractivity contribution is 7.97. The van der Waals surface area contributed by atoms with Crippen molar-refractivity contribution >= 4 is 18.0 Å². The number of amides is 2. The first-order valence-electron chi connectivity index (χ1n) is 4.50. The predicted molar refractivity (Wildman–Crippen MR) is 57.3 cm³/mol. The summed E-state index contributed by atoms with van der Waals surface area (Å²) in [7, 11) is 2.88. The zero-order chi connectivity index (χ0) is 13.1. The Morgan fingerprint density at radius 1 is 1.47 bits per heavy atom. The molecule has 0 saturated carbocycles. The second-order valence-electron chi connectivity index (χ2n) is 3.05. The van der Waals surface area contributed by atoms with E-state index < -0.39 is 17.8 Å².